The Hall–Kier alpha value is -1.63. The van der Waals surface area contributed by atoms with Gasteiger partial charge in [0, 0.05) is 32.6 Å². The average molecular weight is 326 g/mol. The first kappa shape index (κ1) is 19.4. The maximum atomic E-state index is 12.7. The molecular weight excluding hydrogens is 296 g/mol. The number of rotatable bonds is 7. The Bertz CT molecular complexity index is 429. The third kappa shape index (κ3) is 6.56. The second kappa shape index (κ2) is 8.86. The second-order valence-electron chi connectivity index (χ2n) is 6.95. The van der Waals surface area contributed by atoms with Crippen molar-refractivity contribution in [2.75, 3.05) is 32.7 Å². The van der Waals surface area contributed by atoms with E-state index in [0.717, 1.165) is 0 Å². The van der Waals surface area contributed by atoms with Crippen LogP contribution in [0, 0.1) is 11.8 Å². The van der Waals surface area contributed by atoms with Crippen molar-refractivity contribution in [1.82, 2.24) is 15.1 Å². The fourth-order valence-electron chi connectivity index (χ4n) is 2.66. The summed E-state index contributed by atoms with van der Waals surface area (Å²) < 4.78 is 0. The lowest BCUT2D eigenvalue weighted by Gasteiger charge is -2.36. The van der Waals surface area contributed by atoms with E-state index in [9.17, 15) is 14.4 Å². The quantitative estimate of drug-likeness (QED) is 0.677. The average Bonchev–Trinajstić information content (AvgIpc) is 2.43. The van der Waals surface area contributed by atoms with Crippen LogP contribution < -0.4 is 11.1 Å². The first-order valence-electron chi connectivity index (χ1n) is 8.29. The molecule has 132 valence electrons. The molecule has 0 aromatic heterocycles. The van der Waals surface area contributed by atoms with Crippen LogP contribution >= 0.6 is 0 Å². The number of primary amides is 1. The minimum absolute atomic E-state index is 0.0299. The van der Waals surface area contributed by atoms with Crippen LogP contribution in [0.5, 0.6) is 0 Å². The Morgan fingerprint density at radius 2 is 1.61 bits per heavy atom. The molecule has 0 bridgehead atoms. The van der Waals surface area contributed by atoms with Gasteiger partial charge in [-0.15, -0.1) is 0 Å². The number of carbonyl (C=O) groups excluding carboxylic acids is 3. The van der Waals surface area contributed by atoms with Crippen molar-refractivity contribution >= 4 is 17.7 Å². The predicted molar refractivity (Wildman–Crippen MR) is 88.4 cm³/mol. The molecule has 0 aromatic rings. The molecule has 23 heavy (non-hydrogen) atoms. The van der Waals surface area contributed by atoms with E-state index in [-0.39, 0.29) is 36.1 Å². The van der Waals surface area contributed by atoms with Crippen LogP contribution in [0.2, 0.25) is 0 Å². The lowest BCUT2D eigenvalue weighted by Crippen LogP contribution is -2.57. The molecule has 0 aromatic carbocycles. The van der Waals surface area contributed by atoms with Gasteiger partial charge in [-0.25, -0.2) is 0 Å². The Balaban J connectivity index is 2.58. The third-order valence-corrected chi connectivity index (χ3v) is 3.91. The van der Waals surface area contributed by atoms with Crippen LogP contribution in [-0.2, 0) is 14.4 Å². The first-order valence-corrected chi connectivity index (χ1v) is 8.29. The summed E-state index contributed by atoms with van der Waals surface area (Å²) >= 11 is 0. The molecule has 1 fully saturated rings. The third-order valence-electron chi connectivity index (χ3n) is 3.91. The van der Waals surface area contributed by atoms with Crippen LogP contribution in [0.1, 0.15) is 34.1 Å². The summed E-state index contributed by atoms with van der Waals surface area (Å²) in [6.45, 7) is 10.4. The molecule has 3 N–H and O–H groups in total. The summed E-state index contributed by atoms with van der Waals surface area (Å²) in [6.07, 6.45) is 0.420. The number of hydrogen-bond donors (Lipinski definition) is 2. The van der Waals surface area contributed by atoms with Crippen LogP contribution in [0.25, 0.3) is 0 Å². The van der Waals surface area contributed by atoms with Crippen molar-refractivity contribution < 1.29 is 14.4 Å². The number of hydrogen-bond acceptors (Lipinski definition) is 4. The number of piperazine rings is 1. The van der Waals surface area contributed by atoms with Gasteiger partial charge in [0.15, 0.2) is 0 Å². The second-order valence-corrected chi connectivity index (χ2v) is 6.95. The SMILES string of the molecule is CC(C)CC(=O)N[C@H](C(=O)N1CCN(CC(N)=O)CC1)C(C)C. The Kier molecular flexibility index (Phi) is 7.48. The highest BCUT2D eigenvalue weighted by Crippen LogP contribution is 2.11. The summed E-state index contributed by atoms with van der Waals surface area (Å²) in [4.78, 5) is 39.3. The summed E-state index contributed by atoms with van der Waals surface area (Å²) in [5, 5.41) is 2.87. The summed E-state index contributed by atoms with van der Waals surface area (Å²) in [5.74, 6) is -0.196. The van der Waals surface area contributed by atoms with Crippen LogP contribution in [-0.4, -0.2) is 66.3 Å². The molecule has 0 aliphatic carbocycles. The maximum Gasteiger partial charge on any atom is 0.245 e. The van der Waals surface area contributed by atoms with Gasteiger partial charge in [0.2, 0.25) is 17.7 Å². The minimum atomic E-state index is -0.496. The smallest absolute Gasteiger partial charge is 0.245 e. The van der Waals surface area contributed by atoms with Crippen molar-refractivity contribution in [3.8, 4) is 0 Å². The Labute approximate surface area is 138 Å². The van der Waals surface area contributed by atoms with Gasteiger partial charge in [-0.1, -0.05) is 27.7 Å². The highest BCUT2D eigenvalue weighted by atomic mass is 16.2. The van der Waals surface area contributed by atoms with Gasteiger partial charge in [-0.2, -0.15) is 0 Å². The molecule has 0 unspecified atom stereocenters. The van der Waals surface area contributed by atoms with Gasteiger partial charge in [-0.3, -0.25) is 19.3 Å². The van der Waals surface area contributed by atoms with Crippen LogP contribution in [0.15, 0.2) is 0 Å². The molecule has 1 saturated heterocycles. The number of carbonyl (C=O) groups is 3. The molecule has 7 nitrogen and oxygen atoms in total. The topological polar surface area (TPSA) is 95.7 Å². The molecular formula is C16H30N4O3. The standard InChI is InChI=1S/C16H30N4O3/c1-11(2)9-14(22)18-15(12(3)4)16(23)20-7-5-19(6-8-20)10-13(17)21/h11-12,15H,5-10H2,1-4H3,(H2,17,21)(H,18,22)/t15-/m0/s1. The fraction of sp³-hybridized carbons (Fsp3) is 0.812. The van der Waals surface area contributed by atoms with E-state index < -0.39 is 6.04 Å². The lowest BCUT2D eigenvalue weighted by atomic mass is 10.0. The van der Waals surface area contributed by atoms with E-state index in [0.29, 0.717) is 32.6 Å². The molecule has 0 radical (unpaired) electrons. The van der Waals surface area contributed by atoms with Crippen molar-refractivity contribution in [3.63, 3.8) is 0 Å². The fourth-order valence-corrected chi connectivity index (χ4v) is 2.66. The van der Waals surface area contributed by atoms with Crippen molar-refractivity contribution in [1.29, 1.82) is 0 Å². The molecule has 0 spiro atoms. The lowest BCUT2D eigenvalue weighted by molar-refractivity contribution is -0.139. The van der Waals surface area contributed by atoms with Gasteiger partial charge in [0.25, 0.3) is 0 Å². The molecule has 1 heterocycles. The number of nitrogens with zero attached hydrogens (tertiary/aromatic N) is 2. The molecule has 1 rings (SSSR count). The zero-order valence-electron chi connectivity index (χ0n) is 14.7. The van der Waals surface area contributed by atoms with Crippen LogP contribution in [0.3, 0.4) is 0 Å². The largest absolute Gasteiger partial charge is 0.369 e. The van der Waals surface area contributed by atoms with Gasteiger partial charge < -0.3 is 16.0 Å². The van der Waals surface area contributed by atoms with Gasteiger partial charge >= 0.3 is 0 Å². The van der Waals surface area contributed by atoms with Crippen molar-refractivity contribution in [2.45, 2.75) is 40.2 Å². The molecule has 1 aliphatic rings. The number of nitrogens with one attached hydrogen (secondary N) is 1. The number of nitrogens with two attached hydrogens (primary N) is 1. The Morgan fingerprint density at radius 1 is 1.04 bits per heavy atom. The first-order chi connectivity index (χ1) is 10.7. The molecule has 1 aliphatic heterocycles. The van der Waals surface area contributed by atoms with Crippen molar-refractivity contribution in [3.05, 3.63) is 0 Å². The van der Waals surface area contributed by atoms with Crippen molar-refractivity contribution in [2.24, 2.45) is 17.6 Å². The zero-order chi connectivity index (χ0) is 17.6. The maximum absolute atomic E-state index is 12.7. The Morgan fingerprint density at radius 3 is 2.04 bits per heavy atom. The highest BCUT2D eigenvalue weighted by molar-refractivity contribution is 5.88. The molecule has 7 heteroatoms. The van der Waals surface area contributed by atoms with Gasteiger partial charge in [-0.05, 0) is 11.8 Å². The van der Waals surface area contributed by atoms with E-state index in [1.54, 1.807) is 4.90 Å². The van der Waals surface area contributed by atoms with E-state index in [1.165, 1.54) is 0 Å². The van der Waals surface area contributed by atoms with E-state index in [2.05, 4.69) is 5.32 Å². The molecule has 3 amide bonds. The highest BCUT2D eigenvalue weighted by Gasteiger charge is 2.30. The van der Waals surface area contributed by atoms with E-state index in [1.807, 2.05) is 32.6 Å². The van der Waals surface area contributed by atoms with Gasteiger partial charge in [0.05, 0.1) is 6.54 Å². The van der Waals surface area contributed by atoms with E-state index >= 15 is 0 Å². The molecule has 0 saturated carbocycles. The normalized spacial score (nSPS) is 17.4. The number of amides is 3. The minimum Gasteiger partial charge on any atom is -0.369 e. The zero-order valence-corrected chi connectivity index (χ0v) is 14.7. The van der Waals surface area contributed by atoms with Gasteiger partial charge in [0.1, 0.15) is 6.04 Å². The van der Waals surface area contributed by atoms with Crippen LogP contribution in [0.4, 0.5) is 0 Å². The summed E-state index contributed by atoms with van der Waals surface area (Å²) in [7, 11) is 0. The monoisotopic (exact) mass is 326 g/mol. The summed E-state index contributed by atoms with van der Waals surface area (Å²) in [6, 6.07) is -0.496. The van der Waals surface area contributed by atoms with E-state index in [4.69, 9.17) is 5.73 Å². The summed E-state index contributed by atoms with van der Waals surface area (Å²) in [5.41, 5.74) is 5.19. The predicted octanol–water partition coefficient (Wildman–Crippen LogP) is -0.197. The molecule has 1 atom stereocenters.